The summed E-state index contributed by atoms with van der Waals surface area (Å²) in [6, 6.07) is 8.63. The molecule has 5 rings (SSSR count). The lowest BCUT2D eigenvalue weighted by molar-refractivity contribution is -0.138. The number of amides is 2. The second kappa shape index (κ2) is 11.0. The summed E-state index contributed by atoms with van der Waals surface area (Å²) < 4.78 is 66.7. The van der Waals surface area contributed by atoms with Gasteiger partial charge in [-0.1, -0.05) is 29.8 Å². The number of aromatic nitrogens is 2. The van der Waals surface area contributed by atoms with Gasteiger partial charge in [0, 0.05) is 30.5 Å². The number of nitrogens with one attached hydrogen (secondary N) is 1. The van der Waals surface area contributed by atoms with Crippen molar-refractivity contribution in [2.45, 2.75) is 49.9 Å². The Balaban J connectivity index is 1.29. The van der Waals surface area contributed by atoms with Crippen molar-refractivity contribution in [2.75, 3.05) is 11.4 Å². The number of halogens is 6. The minimum Gasteiger partial charge on any atom is -0.370 e. The predicted octanol–water partition coefficient (Wildman–Crippen LogP) is 5.66. The van der Waals surface area contributed by atoms with E-state index >= 15 is 0 Å². The molecule has 1 fully saturated rings. The molecule has 2 N–H and O–H groups in total. The van der Waals surface area contributed by atoms with E-state index in [1.807, 2.05) is 0 Å². The first-order valence-electron chi connectivity index (χ1n) is 12.8. The Kier molecular flexibility index (Phi) is 7.73. The van der Waals surface area contributed by atoms with Gasteiger partial charge in [0.15, 0.2) is 0 Å². The largest absolute Gasteiger partial charge is 0.416 e. The number of alkyl halides is 5. The van der Waals surface area contributed by atoms with Gasteiger partial charge in [0.05, 0.1) is 27.5 Å². The van der Waals surface area contributed by atoms with Crippen LogP contribution >= 0.6 is 11.6 Å². The summed E-state index contributed by atoms with van der Waals surface area (Å²) in [5.74, 6) is -1.56. The molecule has 0 radical (unpaired) electrons. The number of anilines is 1. The second-order valence-electron chi connectivity index (χ2n) is 10.1. The van der Waals surface area contributed by atoms with E-state index in [-0.39, 0.29) is 34.7 Å². The molecule has 3 heterocycles. The molecular formula is C28H24ClF5N4O3. The molecule has 1 aliphatic heterocycles. The lowest BCUT2D eigenvalue weighted by Gasteiger charge is -2.32. The van der Waals surface area contributed by atoms with Crippen LogP contribution in [0.4, 0.5) is 27.6 Å². The molecular weight excluding hydrogens is 571 g/mol. The highest BCUT2D eigenvalue weighted by atomic mass is 35.5. The highest BCUT2D eigenvalue weighted by Crippen LogP contribution is 2.45. The van der Waals surface area contributed by atoms with E-state index < -0.39 is 47.0 Å². The fourth-order valence-corrected chi connectivity index (χ4v) is 5.64. The van der Waals surface area contributed by atoms with E-state index in [4.69, 9.17) is 11.6 Å². The van der Waals surface area contributed by atoms with Gasteiger partial charge >= 0.3 is 6.18 Å². The van der Waals surface area contributed by atoms with Gasteiger partial charge in [0.1, 0.15) is 5.69 Å². The Morgan fingerprint density at radius 2 is 1.83 bits per heavy atom. The Morgan fingerprint density at radius 3 is 2.51 bits per heavy atom. The maximum Gasteiger partial charge on any atom is 0.416 e. The number of hydrogen-bond donors (Lipinski definition) is 2. The smallest absolute Gasteiger partial charge is 0.370 e. The molecule has 2 aliphatic rings. The summed E-state index contributed by atoms with van der Waals surface area (Å²) >= 11 is 5.85. The van der Waals surface area contributed by atoms with Gasteiger partial charge in [0.2, 0.25) is 5.60 Å². The molecule has 13 heteroatoms. The first-order chi connectivity index (χ1) is 19.4. The summed E-state index contributed by atoms with van der Waals surface area (Å²) in [5.41, 5.74) is -4.28. The zero-order valence-corrected chi connectivity index (χ0v) is 22.1. The minimum atomic E-state index is -4.69. The number of nitrogens with zero attached hydrogens (tertiary/aromatic N) is 3. The summed E-state index contributed by atoms with van der Waals surface area (Å²) in [6.45, 7) is 0.186. The van der Waals surface area contributed by atoms with Crippen LogP contribution in [0.25, 0.3) is 0 Å². The molecule has 0 saturated heterocycles. The Hall–Kier alpha value is -3.64. The lowest BCUT2D eigenvalue weighted by atomic mass is 9.85. The van der Waals surface area contributed by atoms with Gasteiger partial charge in [0.25, 0.3) is 18.2 Å². The summed E-state index contributed by atoms with van der Waals surface area (Å²) in [6.07, 6.45) is -3.56. The van der Waals surface area contributed by atoms with Crippen LogP contribution in [-0.2, 0) is 16.6 Å². The molecule has 0 spiro atoms. The van der Waals surface area contributed by atoms with Crippen molar-refractivity contribution in [1.82, 2.24) is 15.3 Å². The minimum absolute atomic E-state index is 0.0542. The zero-order valence-electron chi connectivity index (χ0n) is 21.3. The number of fused-ring (bicyclic) bond motifs is 1. The van der Waals surface area contributed by atoms with Gasteiger partial charge in [-0.25, -0.2) is 8.78 Å². The average molecular weight is 595 g/mol. The number of pyridine rings is 2. The van der Waals surface area contributed by atoms with Crippen molar-refractivity contribution in [2.24, 2.45) is 5.92 Å². The molecule has 1 saturated carbocycles. The number of benzene rings is 1. The van der Waals surface area contributed by atoms with Crippen molar-refractivity contribution < 1.29 is 36.6 Å². The Labute approximate surface area is 236 Å². The number of rotatable bonds is 6. The Morgan fingerprint density at radius 1 is 1.12 bits per heavy atom. The molecule has 216 valence electrons. The third-order valence-corrected chi connectivity index (χ3v) is 7.76. The Bertz CT molecular complexity index is 1480. The lowest BCUT2D eigenvalue weighted by Crippen LogP contribution is -2.45. The highest BCUT2D eigenvalue weighted by molar-refractivity contribution is 6.30. The first kappa shape index (κ1) is 28.9. The van der Waals surface area contributed by atoms with E-state index in [0.29, 0.717) is 37.4 Å². The van der Waals surface area contributed by atoms with Crippen molar-refractivity contribution in [1.29, 1.82) is 0 Å². The molecule has 1 atom stereocenters. The first-order valence-corrected chi connectivity index (χ1v) is 13.2. The van der Waals surface area contributed by atoms with Crippen LogP contribution < -0.4 is 10.2 Å². The molecule has 1 aliphatic carbocycles. The number of para-hydroxylation sites is 1. The molecule has 3 aromatic rings. The van der Waals surface area contributed by atoms with Crippen LogP contribution in [0.3, 0.4) is 0 Å². The molecule has 1 aromatic carbocycles. The van der Waals surface area contributed by atoms with E-state index in [1.54, 1.807) is 18.2 Å². The number of carbonyl (C=O) groups excluding carboxylic acids is 2. The maximum atomic E-state index is 13.6. The van der Waals surface area contributed by atoms with E-state index in [0.717, 1.165) is 24.5 Å². The summed E-state index contributed by atoms with van der Waals surface area (Å²) in [7, 11) is 0. The number of carbonyl (C=O) groups is 2. The van der Waals surface area contributed by atoms with Crippen molar-refractivity contribution >= 4 is 29.1 Å². The highest BCUT2D eigenvalue weighted by Gasteiger charge is 2.53. The van der Waals surface area contributed by atoms with E-state index in [1.165, 1.54) is 11.0 Å². The normalized spacial score (nSPS) is 22.6. The molecule has 2 aromatic heterocycles. The van der Waals surface area contributed by atoms with Crippen LogP contribution in [-0.4, -0.2) is 39.5 Å². The monoisotopic (exact) mass is 594 g/mol. The molecule has 1 unspecified atom stereocenters. The molecule has 7 nitrogen and oxygen atoms in total. The van der Waals surface area contributed by atoms with Crippen LogP contribution in [0.2, 0.25) is 5.02 Å². The molecule has 2 amide bonds. The van der Waals surface area contributed by atoms with Gasteiger partial charge in [-0.2, -0.15) is 13.2 Å². The second-order valence-corrected chi connectivity index (χ2v) is 10.6. The fourth-order valence-electron chi connectivity index (χ4n) is 5.48. The SMILES string of the molecule is O=C(NC1CCC(CN2C(=O)C(O)(c3cc(C(F)(F)F)ccn3)c3ccccc32)CC1)c1cc(Cl)cnc1C(F)F. The van der Waals surface area contributed by atoms with E-state index in [9.17, 15) is 36.6 Å². The van der Waals surface area contributed by atoms with Gasteiger partial charge < -0.3 is 15.3 Å². The fraction of sp³-hybridized carbons (Fsp3) is 0.357. The molecule has 0 bridgehead atoms. The quantitative estimate of drug-likeness (QED) is 0.359. The van der Waals surface area contributed by atoms with E-state index in [2.05, 4.69) is 15.3 Å². The number of hydrogen-bond acceptors (Lipinski definition) is 5. The third kappa shape index (κ3) is 5.50. The predicted molar refractivity (Wildman–Crippen MR) is 138 cm³/mol. The maximum absolute atomic E-state index is 13.6. The van der Waals surface area contributed by atoms with Crippen molar-refractivity contribution in [3.8, 4) is 0 Å². The average Bonchev–Trinajstić information content (AvgIpc) is 3.16. The van der Waals surface area contributed by atoms with Crippen molar-refractivity contribution in [3.05, 3.63) is 88.0 Å². The van der Waals surface area contributed by atoms with Gasteiger partial charge in [-0.3, -0.25) is 19.6 Å². The standard InChI is InChI=1S/C28H24ClF5N4O3/c29-17-12-19(23(24(30)31)36-13-17)25(39)37-18-7-5-15(6-8-18)14-38-21-4-2-1-3-20(21)27(41,26(38)40)22-11-16(9-10-35-22)28(32,33)34/h1-4,9-13,15,18,24,41H,5-8,14H2,(H,37,39). The van der Waals surface area contributed by atoms with Crippen LogP contribution in [0.5, 0.6) is 0 Å². The van der Waals surface area contributed by atoms with Crippen LogP contribution in [0, 0.1) is 5.92 Å². The van der Waals surface area contributed by atoms with Crippen LogP contribution in [0.15, 0.2) is 54.9 Å². The molecule has 41 heavy (non-hydrogen) atoms. The van der Waals surface area contributed by atoms with Gasteiger partial charge in [-0.15, -0.1) is 0 Å². The third-order valence-electron chi connectivity index (χ3n) is 7.56. The van der Waals surface area contributed by atoms with Crippen LogP contribution in [0.1, 0.15) is 65.0 Å². The van der Waals surface area contributed by atoms with Crippen molar-refractivity contribution in [3.63, 3.8) is 0 Å². The van der Waals surface area contributed by atoms with Gasteiger partial charge in [-0.05, 0) is 55.9 Å². The summed E-state index contributed by atoms with van der Waals surface area (Å²) in [5, 5.41) is 14.4. The zero-order chi connectivity index (χ0) is 29.5. The number of aliphatic hydroxyl groups is 1. The summed E-state index contributed by atoms with van der Waals surface area (Å²) in [4.78, 5) is 35.2. The topological polar surface area (TPSA) is 95.4 Å².